The Kier molecular flexibility index (Phi) is 5.69. The number of fused-ring (bicyclic) bond motifs is 2. The number of thiazole rings is 1. The van der Waals surface area contributed by atoms with E-state index in [-0.39, 0.29) is 12.0 Å². The van der Waals surface area contributed by atoms with Crippen molar-refractivity contribution >= 4 is 27.5 Å². The normalized spacial score (nSPS) is 16.7. The van der Waals surface area contributed by atoms with Gasteiger partial charge in [0.1, 0.15) is 22.6 Å². The molecule has 0 N–H and O–H groups in total. The number of aromatic nitrogens is 1. The van der Waals surface area contributed by atoms with Crippen molar-refractivity contribution in [3.05, 3.63) is 53.0 Å². The maximum atomic E-state index is 12.9. The summed E-state index contributed by atoms with van der Waals surface area (Å²) in [6.45, 7) is 4.26. The van der Waals surface area contributed by atoms with Crippen LogP contribution in [0.4, 0.5) is 0 Å². The molecule has 0 saturated heterocycles. The number of hydrogen-bond acceptors (Lipinski definition) is 6. The Morgan fingerprint density at radius 3 is 2.97 bits per heavy atom. The predicted octanol–water partition coefficient (Wildman–Crippen LogP) is 3.55. The van der Waals surface area contributed by atoms with Gasteiger partial charge < -0.3 is 14.4 Å². The van der Waals surface area contributed by atoms with Crippen molar-refractivity contribution in [1.29, 1.82) is 0 Å². The highest BCUT2D eigenvalue weighted by atomic mass is 32.1. The number of carbonyl (C=O) groups is 1. The summed E-state index contributed by atoms with van der Waals surface area (Å²) in [5.74, 6) is 1.68. The Morgan fingerprint density at radius 1 is 1.34 bits per heavy atom. The van der Waals surface area contributed by atoms with E-state index in [1.54, 1.807) is 23.3 Å². The van der Waals surface area contributed by atoms with Crippen LogP contribution in [0.2, 0.25) is 0 Å². The van der Waals surface area contributed by atoms with E-state index < -0.39 is 0 Å². The van der Waals surface area contributed by atoms with Gasteiger partial charge in [0.2, 0.25) is 5.91 Å². The lowest BCUT2D eigenvalue weighted by atomic mass is 10.2. The van der Waals surface area contributed by atoms with Crippen LogP contribution in [0.1, 0.15) is 17.5 Å². The van der Waals surface area contributed by atoms with Gasteiger partial charge >= 0.3 is 0 Å². The first-order valence-electron chi connectivity index (χ1n) is 9.66. The molecule has 0 radical (unpaired) electrons. The van der Waals surface area contributed by atoms with Crippen LogP contribution in [0, 0.1) is 0 Å². The Labute approximate surface area is 174 Å². The molecule has 2 heterocycles. The van der Waals surface area contributed by atoms with Gasteiger partial charge in [0.15, 0.2) is 0 Å². The van der Waals surface area contributed by atoms with E-state index >= 15 is 0 Å². The molecule has 1 aliphatic rings. The average Bonchev–Trinajstić information content (AvgIpc) is 3.03. The number of amides is 1. The summed E-state index contributed by atoms with van der Waals surface area (Å²) in [4.78, 5) is 21.4. The average molecular weight is 412 g/mol. The molecule has 0 spiro atoms. The molecule has 0 aliphatic carbocycles. The fourth-order valence-electron chi connectivity index (χ4n) is 3.54. The van der Waals surface area contributed by atoms with Crippen molar-refractivity contribution in [3.8, 4) is 11.5 Å². The van der Waals surface area contributed by atoms with Crippen molar-refractivity contribution in [1.82, 2.24) is 14.8 Å². The predicted molar refractivity (Wildman–Crippen MR) is 114 cm³/mol. The third kappa shape index (κ3) is 4.52. The van der Waals surface area contributed by atoms with E-state index in [2.05, 4.69) is 16.0 Å². The van der Waals surface area contributed by atoms with E-state index in [1.807, 2.05) is 50.4 Å². The van der Waals surface area contributed by atoms with Crippen molar-refractivity contribution < 1.29 is 14.3 Å². The summed E-state index contributed by atoms with van der Waals surface area (Å²) in [5.41, 5.74) is 2.05. The molecule has 1 amide bonds. The molecule has 152 valence electrons. The maximum Gasteiger partial charge on any atom is 0.236 e. The second-order valence-corrected chi connectivity index (χ2v) is 8.51. The number of benzene rings is 2. The second kappa shape index (κ2) is 8.39. The van der Waals surface area contributed by atoms with Crippen LogP contribution in [-0.2, 0) is 17.9 Å². The van der Waals surface area contributed by atoms with Crippen LogP contribution in [0.25, 0.3) is 10.2 Å². The Morgan fingerprint density at radius 2 is 2.17 bits per heavy atom. The van der Waals surface area contributed by atoms with E-state index in [0.29, 0.717) is 26.2 Å². The zero-order valence-corrected chi connectivity index (χ0v) is 17.7. The first-order chi connectivity index (χ1) is 14.0. The van der Waals surface area contributed by atoms with E-state index in [9.17, 15) is 4.79 Å². The minimum atomic E-state index is -0.00859. The number of hydrogen-bond donors (Lipinski definition) is 0. The van der Waals surface area contributed by atoms with Gasteiger partial charge in [0.05, 0.1) is 30.4 Å². The summed E-state index contributed by atoms with van der Waals surface area (Å²) in [6, 6.07) is 13.9. The molecule has 4 rings (SSSR count). The monoisotopic (exact) mass is 411 g/mol. The van der Waals surface area contributed by atoms with Gasteiger partial charge in [-0.15, -0.1) is 11.3 Å². The lowest BCUT2D eigenvalue weighted by Gasteiger charge is -2.24. The largest absolute Gasteiger partial charge is 0.497 e. The SMILES string of the molecule is COc1ccc2c(c1)O[C@H](C)CN(CC(=O)N(C)Cc1nc3ccccc3s1)C2. The van der Waals surface area contributed by atoms with Crippen LogP contribution >= 0.6 is 11.3 Å². The molecule has 2 aromatic carbocycles. The molecule has 0 saturated carbocycles. The maximum absolute atomic E-state index is 12.9. The summed E-state index contributed by atoms with van der Waals surface area (Å²) >= 11 is 1.64. The van der Waals surface area contributed by atoms with Gasteiger partial charge in [0, 0.05) is 31.8 Å². The minimum Gasteiger partial charge on any atom is -0.497 e. The van der Waals surface area contributed by atoms with Gasteiger partial charge in [-0.1, -0.05) is 18.2 Å². The smallest absolute Gasteiger partial charge is 0.236 e. The molecule has 7 heteroatoms. The topological polar surface area (TPSA) is 54.9 Å². The Balaban J connectivity index is 1.42. The number of rotatable bonds is 5. The number of para-hydroxylation sites is 1. The quantitative estimate of drug-likeness (QED) is 0.643. The number of carbonyl (C=O) groups excluding carboxylic acids is 1. The number of likely N-dealkylation sites (N-methyl/N-ethyl adjacent to an activating group) is 1. The van der Waals surface area contributed by atoms with Crippen LogP contribution < -0.4 is 9.47 Å². The minimum absolute atomic E-state index is 0.00859. The second-order valence-electron chi connectivity index (χ2n) is 7.40. The molecule has 0 bridgehead atoms. The Hall–Kier alpha value is -2.64. The van der Waals surface area contributed by atoms with Crippen molar-refractivity contribution in [2.45, 2.75) is 26.1 Å². The number of methoxy groups -OCH3 is 1. The first kappa shape index (κ1) is 19.7. The number of ether oxygens (including phenoxy) is 2. The Bertz CT molecular complexity index is 986. The molecule has 1 aromatic heterocycles. The summed E-state index contributed by atoms with van der Waals surface area (Å²) in [6.07, 6.45) is -0.00859. The van der Waals surface area contributed by atoms with E-state index in [4.69, 9.17) is 9.47 Å². The molecule has 1 atom stereocenters. The molecule has 1 aliphatic heterocycles. The fourth-order valence-corrected chi connectivity index (χ4v) is 4.56. The van der Waals surface area contributed by atoms with Crippen molar-refractivity contribution in [2.24, 2.45) is 0 Å². The summed E-state index contributed by atoms with van der Waals surface area (Å²) in [7, 11) is 3.49. The van der Waals surface area contributed by atoms with Crippen LogP contribution in [0.5, 0.6) is 11.5 Å². The van der Waals surface area contributed by atoms with Crippen LogP contribution in [-0.4, -0.2) is 54.0 Å². The van der Waals surface area contributed by atoms with Gasteiger partial charge in [-0.3, -0.25) is 9.69 Å². The highest BCUT2D eigenvalue weighted by molar-refractivity contribution is 7.18. The zero-order chi connectivity index (χ0) is 20.4. The highest BCUT2D eigenvalue weighted by Gasteiger charge is 2.23. The third-order valence-corrected chi connectivity index (χ3v) is 6.03. The van der Waals surface area contributed by atoms with Crippen LogP contribution in [0.3, 0.4) is 0 Å². The summed E-state index contributed by atoms with van der Waals surface area (Å²) in [5, 5.41) is 0.951. The summed E-state index contributed by atoms with van der Waals surface area (Å²) < 4.78 is 12.5. The molecule has 3 aromatic rings. The van der Waals surface area contributed by atoms with Gasteiger partial charge in [-0.05, 0) is 25.1 Å². The molecule has 0 fully saturated rings. The van der Waals surface area contributed by atoms with E-state index in [0.717, 1.165) is 32.3 Å². The lowest BCUT2D eigenvalue weighted by Crippen LogP contribution is -2.40. The first-order valence-corrected chi connectivity index (χ1v) is 10.5. The molecular weight excluding hydrogens is 386 g/mol. The van der Waals surface area contributed by atoms with Gasteiger partial charge in [-0.25, -0.2) is 4.98 Å². The van der Waals surface area contributed by atoms with Crippen LogP contribution in [0.15, 0.2) is 42.5 Å². The van der Waals surface area contributed by atoms with Crippen molar-refractivity contribution in [2.75, 3.05) is 27.2 Å². The highest BCUT2D eigenvalue weighted by Crippen LogP contribution is 2.29. The standard InChI is InChI=1S/C22H25N3O3S/c1-15-11-25(12-16-8-9-17(27-3)10-19(16)28-15)14-22(26)24(2)13-21-23-18-6-4-5-7-20(18)29-21/h4-10,15H,11-14H2,1-3H3/t15-/m1/s1. The molecule has 0 unspecified atom stereocenters. The van der Waals surface area contributed by atoms with Crippen molar-refractivity contribution in [3.63, 3.8) is 0 Å². The molecule has 29 heavy (non-hydrogen) atoms. The molecule has 6 nitrogen and oxygen atoms in total. The fraction of sp³-hybridized carbons (Fsp3) is 0.364. The number of nitrogens with zero attached hydrogens (tertiary/aromatic N) is 3. The lowest BCUT2D eigenvalue weighted by molar-refractivity contribution is -0.131. The molecular formula is C22H25N3O3S. The zero-order valence-electron chi connectivity index (χ0n) is 16.9. The van der Waals surface area contributed by atoms with Gasteiger partial charge in [-0.2, -0.15) is 0 Å². The third-order valence-electron chi connectivity index (χ3n) is 5.01. The van der Waals surface area contributed by atoms with Gasteiger partial charge in [0.25, 0.3) is 0 Å². The van der Waals surface area contributed by atoms with E-state index in [1.165, 1.54) is 0 Å².